The van der Waals surface area contributed by atoms with Crippen molar-refractivity contribution < 1.29 is 15.4 Å². The zero-order valence-corrected chi connectivity index (χ0v) is 4.59. The Morgan fingerprint density at radius 3 is 2.56 bits per heavy atom. The normalized spacial score (nSPS) is 8.00. The zero-order chi connectivity index (χ0) is 5.98. The van der Waals surface area contributed by atoms with Gasteiger partial charge in [0.1, 0.15) is 5.69 Å². The Labute approximate surface area is 51.4 Å². The first-order valence-corrected chi connectivity index (χ1v) is 2.17. The molecule has 0 aliphatic heterocycles. The molecule has 50 valence electrons. The van der Waals surface area contributed by atoms with E-state index in [-0.39, 0.29) is 11.2 Å². The summed E-state index contributed by atoms with van der Waals surface area (Å²) >= 11 is 0. The van der Waals surface area contributed by atoms with Crippen molar-refractivity contribution >= 4 is 5.97 Å². The summed E-state index contributed by atoms with van der Waals surface area (Å²) < 4.78 is 0. The standard InChI is InChI=1S/C5H5NO2.H2O/c7-5(8)4-2-1-3-6-4;/h1-3,6H,(H,7,8);1H2. The highest BCUT2D eigenvalue weighted by Crippen LogP contribution is 1.91. The molecule has 0 fully saturated rings. The minimum atomic E-state index is -0.921. The smallest absolute Gasteiger partial charge is 0.352 e. The van der Waals surface area contributed by atoms with Gasteiger partial charge >= 0.3 is 5.97 Å². The molecule has 0 spiro atoms. The third kappa shape index (κ3) is 1.58. The second-order valence-corrected chi connectivity index (χ2v) is 1.39. The van der Waals surface area contributed by atoms with Crippen LogP contribution < -0.4 is 0 Å². The van der Waals surface area contributed by atoms with E-state index in [1.54, 1.807) is 12.3 Å². The summed E-state index contributed by atoms with van der Waals surface area (Å²) in [5.74, 6) is -0.921. The number of carbonyl (C=O) groups is 1. The molecule has 0 bridgehead atoms. The minimum Gasteiger partial charge on any atom is -0.477 e. The number of carboxylic acids is 1. The highest BCUT2D eigenvalue weighted by atomic mass is 16.4. The van der Waals surface area contributed by atoms with Gasteiger partial charge in [-0.15, -0.1) is 0 Å². The molecule has 0 saturated heterocycles. The van der Waals surface area contributed by atoms with Crippen LogP contribution in [0.2, 0.25) is 0 Å². The van der Waals surface area contributed by atoms with Gasteiger partial charge in [-0.25, -0.2) is 4.79 Å². The first-order chi connectivity index (χ1) is 3.80. The van der Waals surface area contributed by atoms with Crippen LogP contribution in [0.15, 0.2) is 18.3 Å². The lowest BCUT2D eigenvalue weighted by Crippen LogP contribution is -1.94. The van der Waals surface area contributed by atoms with Crippen molar-refractivity contribution in [2.45, 2.75) is 0 Å². The van der Waals surface area contributed by atoms with Crippen LogP contribution in [-0.2, 0) is 0 Å². The zero-order valence-electron chi connectivity index (χ0n) is 4.59. The van der Waals surface area contributed by atoms with Crippen LogP contribution in [0.1, 0.15) is 10.5 Å². The molecule has 1 aromatic heterocycles. The van der Waals surface area contributed by atoms with Gasteiger partial charge in [0.2, 0.25) is 0 Å². The second kappa shape index (κ2) is 2.88. The first-order valence-electron chi connectivity index (χ1n) is 2.17. The second-order valence-electron chi connectivity index (χ2n) is 1.39. The van der Waals surface area contributed by atoms with Gasteiger partial charge in [-0.3, -0.25) is 0 Å². The van der Waals surface area contributed by atoms with Gasteiger partial charge in [-0.2, -0.15) is 0 Å². The van der Waals surface area contributed by atoms with Gasteiger partial charge in [-0.1, -0.05) is 0 Å². The lowest BCUT2D eigenvalue weighted by atomic mass is 10.4. The number of aromatic nitrogens is 1. The van der Waals surface area contributed by atoms with Crippen LogP contribution in [0.25, 0.3) is 0 Å². The Morgan fingerprint density at radius 1 is 1.67 bits per heavy atom. The fourth-order valence-corrected chi connectivity index (χ4v) is 0.463. The van der Waals surface area contributed by atoms with Crippen molar-refractivity contribution in [1.82, 2.24) is 4.98 Å². The molecule has 1 heterocycles. The number of aromatic amines is 1. The van der Waals surface area contributed by atoms with E-state index in [0.717, 1.165) is 0 Å². The minimum absolute atomic E-state index is 0. The molecule has 4 heteroatoms. The van der Waals surface area contributed by atoms with Gasteiger partial charge in [0.25, 0.3) is 0 Å². The van der Waals surface area contributed by atoms with Crippen LogP contribution in [0, 0.1) is 0 Å². The molecule has 1 aromatic rings. The Balaban J connectivity index is 0.000000640. The van der Waals surface area contributed by atoms with Gasteiger partial charge in [0, 0.05) is 6.20 Å². The number of hydrogen-bond donors (Lipinski definition) is 2. The fourth-order valence-electron chi connectivity index (χ4n) is 0.463. The van der Waals surface area contributed by atoms with Gasteiger partial charge in [-0.05, 0) is 12.1 Å². The molecule has 0 amide bonds. The topological polar surface area (TPSA) is 84.6 Å². The van der Waals surface area contributed by atoms with Crippen LogP contribution in [0.3, 0.4) is 0 Å². The summed E-state index contributed by atoms with van der Waals surface area (Å²) in [6.45, 7) is 0. The number of hydrogen-bond acceptors (Lipinski definition) is 1. The van der Waals surface area contributed by atoms with E-state index < -0.39 is 5.97 Å². The SMILES string of the molecule is O.O=C(O)c1ccc[nH]1. The molecule has 0 aliphatic rings. The van der Waals surface area contributed by atoms with E-state index in [1.807, 2.05) is 0 Å². The number of rotatable bonds is 1. The molecule has 0 aromatic carbocycles. The van der Waals surface area contributed by atoms with E-state index in [2.05, 4.69) is 4.98 Å². The molecular weight excluding hydrogens is 122 g/mol. The van der Waals surface area contributed by atoms with Crippen LogP contribution >= 0.6 is 0 Å². The van der Waals surface area contributed by atoms with E-state index in [4.69, 9.17) is 5.11 Å². The van der Waals surface area contributed by atoms with Crippen LogP contribution in [0.4, 0.5) is 0 Å². The molecular formula is C5H7NO3. The highest BCUT2D eigenvalue weighted by molar-refractivity contribution is 5.85. The third-order valence-corrected chi connectivity index (χ3v) is 0.828. The van der Waals surface area contributed by atoms with E-state index in [1.165, 1.54) is 6.07 Å². The van der Waals surface area contributed by atoms with Gasteiger partial charge in [0.15, 0.2) is 0 Å². The molecule has 1 rings (SSSR count). The average Bonchev–Trinajstić information content (AvgIpc) is 2.12. The maximum atomic E-state index is 10.0. The quantitative estimate of drug-likeness (QED) is 0.554. The fraction of sp³-hybridized carbons (Fsp3) is 0. The summed E-state index contributed by atoms with van der Waals surface area (Å²) in [6, 6.07) is 3.14. The molecule has 0 unspecified atom stereocenters. The summed E-state index contributed by atoms with van der Waals surface area (Å²) in [5, 5.41) is 8.24. The Hall–Kier alpha value is -1.29. The molecule has 0 saturated carbocycles. The lowest BCUT2D eigenvalue weighted by molar-refractivity contribution is 0.0691. The van der Waals surface area contributed by atoms with Crippen LogP contribution in [0.5, 0.6) is 0 Å². The summed E-state index contributed by atoms with van der Waals surface area (Å²) in [5.41, 5.74) is 0.227. The van der Waals surface area contributed by atoms with E-state index >= 15 is 0 Å². The van der Waals surface area contributed by atoms with Crippen molar-refractivity contribution in [3.63, 3.8) is 0 Å². The monoisotopic (exact) mass is 129 g/mol. The van der Waals surface area contributed by atoms with Gasteiger partial charge < -0.3 is 15.6 Å². The number of nitrogens with one attached hydrogen (secondary N) is 1. The molecule has 4 N–H and O–H groups in total. The summed E-state index contributed by atoms with van der Waals surface area (Å²) in [6.07, 6.45) is 1.57. The molecule has 9 heavy (non-hydrogen) atoms. The predicted octanol–water partition coefficient (Wildman–Crippen LogP) is -0.112. The third-order valence-electron chi connectivity index (χ3n) is 0.828. The predicted molar refractivity (Wildman–Crippen MR) is 31.4 cm³/mol. The molecule has 0 aliphatic carbocycles. The van der Waals surface area contributed by atoms with Crippen molar-refractivity contribution in [2.24, 2.45) is 0 Å². The number of aromatic carboxylic acids is 1. The van der Waals surface area contributed by atoms with Crippen molar-refractivity contribution in [3.8, 4) is 0 Å². The largest absolute Gasteiger partial charge is 0.477 e. The number of carboxylic acid groups (broad SMARTS) is 1. The average molecular weight is 129 g/mol. The van der Waals surface area contributed by atoms with E-state index in [9.17, 15) is 4.79 Å². The first kappa shape index (κ1) is 7.71. The summed E-state index contributed by atoms with van der Waals surface area (Å²) in [7, 11) is 0. The molecule has 0 radical (unpaired) electrons. The Kier molecular flexibility index (Phi) is 2.47. The van der Waals surface area contributed by atoms with Gasteiger partial charge in [0.05, 0.1) is 0 Å². The van der Waals surface area contributed by atoms with Crippen molar-refractivity contribution in [1.29, 1.82) is 0 Å². The van der Waals surface area contributed by atoms with Crippen molar-refractivity contribution in [3.05, 3.63) is 24.0 Å². The molecule has 0 atom stereocenters. The lowest BCUT2D eigenvalue weighted by Gasteiger charge is -1.80. The summed E-state index contributed by atoms with van der Waals surface area (Å²) in [4.78, 5) is 12.6. The maximum absolute atomic E-state index is 10.0. The van der Waals surface area contributed by atoms with Crippen LogP contribution in [-0.4, -0.2) is 21.5 Å². The van der Waals surface area contributed by atoms with E-state index in [0.29, 0.717) is 0 Å². The number of H-pyrrole nitrogens is 1. The maximum Gasteiger partial charge on any atom is 0.352 e. The molecule has 4 nitrogen and oxygen atoms in total. The Bertz CT molecular complexity index is 180. The Morgan fingerprint density at radius 2 is 2.33 bits per heavy atom. The highest BCUT2D eigenvalue weighted by Gasteiger charge is 1.98. The van der Waals surface area contributed by atoms with Crippen molar-refractivity contribution in [2.75, 3.05) is 0 Å².